The summed E-state index contributed by atoms with van der Waals surface area (Å²) in [5, 5.41) is 2.97. The zero-order valence-electron chi connectivity index (χ0n) is 18.0. The van der Waals surface area contributed by atoms with Crippen LogP contribution in [0.2, 0.25) is 0 Å². The fourth-order valence-corrected chi connectivity index (χ4v) is 4.29. The molecular weight excluding hydrogens is 390 g/mol. The number of hydrogen-bond donors (Lipinski definition) is 1. The van der Waals surface area contributed by atoms with Gasteiger partial charge >= 0.3 is 0 Å². The molecule has 2 heterocycles. The summed E-state index contributed by atoms with van der Waals surface area (Å²) in [6, 6.07) is 15.3. The summed E-state index contributed by atoms with van der Waals surface area (Å²) in [6.45, 7) is 3.88. The quantitative estimate of drug-likeness (QED) is 0.779. The number of amides is 3. The van der Waals surface area contributed by atoms with Gasteiger partial charge in [0, 0.05) is 55.3 Å². The highest BCUT2D eigenvalue weighted by atomic mass is 16.2. The molecule has 0 spiro atoms. The van der Waals surface area contributed by atoms with Crippen LogP contribution in [0.1, 0.15) is 48.5 Å². The zero-order valence-corrected chi connectivity index (χ0v) is 18.0. The van der Waals surface area contributed by atoms with E-state index in [4.69, 9.17) is 0 Å². The summed E-state index contributed by atoms with van der Waals surface area (Å²) in [6.07, 6.45) is 3.94. The summed E-state index contributed by atoms with van der Waals surface area (Å²) in [5.41, 5.74) is 3.56. The average molecular weight is 420 g/mol. The first-order valence-electron chi connectivity index (χ1n) is 11.1. The van der Waals surface area contributed by atoms with Crippen LogP contribution in [0.4, 0.5) is 11.4 Å². The van der Waals surface area contributed by atoms with Crippen molar-refractivity contribution in [2.45, 2.75) is 39.0 Å². The minimum atomic E-state index is -0.107. The van der Waals surface area contributed by atoms with Crippen molar-refractivity contribution in [3.8, 4) is 0 Å². The number of nitrogens with zero attached hydrogens (tertiary/aromatic N) is 2. The molecule has 2 aromatic carbocycles. The Morgan fingerprint density at radius 1 is 0.935 bits per heavy atom. The number of rotatable bonds is 6. The maximum atomic E-state index is 12.6. The number of carbonyl (C=O) groups excluding carboxylic acids is 3. The Hall–Kier alpha value is -3.15. The number of aryl methyl sites for hydroxylation is 1. The molecule has 0 radical (unpaired) electrons. The van der Waals surface area contributed by atoms with Crippen molar-refractivity contribution in [2.24, 2.45) is 5.92 Å². The Bertz CT molecular complexity index is 953. The van der Waals surface area contributed by atoms with E-state index in [9.17, 15) is 14.4 Å². The van der Waals surface area contributed by atoms with Gasteiger partial charge in [-0.3, -0.25) is 14.4 Å². The first-order valence-corrected chi connectivity index (χ1v) is 11.1. The van der Waals surface area contributed by atoms with Crippen LogP contribution in [0.25, 0.3) is 0 Å². The van der Waals surface area contributed by atoms with Gasteiger partial charge in [-0.15, -0.1) is 0 Å². The van der Waals surface area contributed by atoms with Crippen LogP contribution < -0.4 is 15.1 Å². The Labute approximate surface area is 183 Å². The van der Waals surface area contributed by atoms with E-state index in [0.29, 0.717) is 31.5 Å². The number of piperidine rings is 1. The van der Waals surface area contributed by atoms with Crippen molar-refractivity contribution in [3.05, 3.63) is 59.7 Å². The SMILES string of the molecule is CCc1ccc(C(=O)NCC2CC(=O)N(c3ccc(N4CCCCC4=O)cc3)C2)cc1. The Morgan fingerprint density at radius 3 is 2.26 bits per heavy atom. The third kappa shape index (κ3) is 4.79. The lowest BCUT2D eigenvalue weighted by Crippen LogP contribution is -2.35. The van der Waals surface area contributed by atoms with E-state index < -0.39 is 0 Å². The molecule has 2 aliphatic rings. The maximum absolute atomic E-state index is 12.6. The van der Waals surface area contributed by atoms with Crippen molar-refractivity contribution in [3.63, 3.8) is 0 Å². The van der Waals surface area contributed by atoms with E-state index in [1.54, 1.807) is 4.90 Å². The van der Waals surface area contributed by atoms with Crippen molar-refractivity contribution in [2.75, 3.05) is 29.4 Å². The molecule has 4 rings (SSSR count). The minimum Gasteiger partial charge on any atom is -0.352 e. The third-order valence-electron chi connectivity index (χ3n) is 6.18. The van der Waals surface area contributed by atoms with Gasteiger partial charge in [-0.25, -0.2) is 0 Å². The highest BCUT2D eigenvalue weighted by Crippen LogP contribution is 2.28. The van der Waals surface area contributed by atoms with E-state index in [-0.39, 0.29) is 23.6 Å². The number of hydrogen-bond acceptors (Lipinski definition) is 3. The van der Waals surface area contributed by atoms with Crippen LogP contribution >= 0.6 is 0 Å². The lowest BCUT2D eigenvalue weighted by atomic mass is 10.1. The number of carbonyl (C=O) groups is 3. The summed E-state index contributed by atoms with van der Waals surface area (Å²) in [5.74, 6) is 0.198. The van der Waals surface area contributed by atoms with Gasteiger partial charge in [0.15, 0.2) is 0 Å². The van der Waals surface area contributed by atoms with Crippen LogP contribution in [0.3, 0.4) is 0 Å². The number of anilines is 2. The van der Waals surface area contributed by atoms with Crippen molar-refractivity contribution in [1.29, 1.82) is 0 Å². The molecule has 0 aliphatic carbocycles. The Morgan fingerprint density at radius 2 is 1.61 bits per heavy atom. The van der Waals surface area contributed by atoms with Gasteiger partial charge in [-0.1, -0.05) is 19.1 Å². The fraction of sp³-hybridized carbons (Fsp3) is 0.400. The van der Waals surface area contributed by atoms with Gasteiger partial charge in [-0.2, -0.15) is 0 Å². The summed E-state index contributed by atoms with van der Waals surface area (Å²) >= 11 is 0. The molecule has 2 fully saturated rings. The molecule has 1 N–H and O–H groups in total. The highest BCUT2D eigenvalue weighted by Gasteiger charge is 2.31. The van der Waals surface area contributed by atoms with Crippen molar-refractivity contribution < 1.29 is 14.4 Å². The first kappa shape index (κ1) is 21.1. The van der Waals surface area contributed by atoms with Crippen LogP contribution in [-0.2, 0) is 16.0 Å². The second kappa shape index (κ2) is 9.33. The normalized spacial score (nSPS) is 19.1. The molecule has 3 amide bonds. The first-order chi connectivity index (χ1) is 15.0. The van der Waals surface area contributed by atoms with Crippen LogP contribution in [0, 0.1) is 5.92 Å². The molecule has 0 bridgehead atoms. The molecule has 6 nitrogen and oxygen atoms in total. The van der Waals surface area contributed by atoms with Gasteiger partial charge in [-0.05, 0) is 61.2 Å². The molecule has 162 valence electrons. The molecule has 1 atom stereocenters. The molecule has 2 saturated heterocycles. The highest BCUT2D eigenvalue weighted by molar-refractivity contribution is 5.97. The van der Waals surface area contributed by atoms with E-state index in [1.807, 2.05) is 53.4 Å². The van der Waals surface area contributed by atoms with Crippen LogP contribution in [-0.4, -0.2) is 37.4 Å². The molecule has 6 heteroatoms. The van der Waals surface area contributed by atoms with E-state index in [2.05, 4.69) is 12.2 Å². The largest absolute Gasteiger partial charge is 0.352 e. The van der Waals surface area contributed by atoms with Gasteiger partial charge in [0.1, 0.15) is 0 Å². The van der Waals surface area contributed by atoms with Gasteiger partial charge in [0.05, 0.1) is 0 Å². The average Bonchev–Trinajstić information content (AvgIpc) is 3.18. The van der Waals surface area contributed by atoms with Gasteiger partial charge in [0.2, 0.25) is 11.8 Å². The lowest BCUT2D eigenvalue weighted by molar-refractivity contribution is -0.119. The Balaban J connectivity index is 1.33. The number of benzene rings is 2. The summed E-state index contributed by atoms with van der Waals surface area (Å²) in [4.78, 5) is 40.7. The van der Waals surface area contributed by atoms with E-state index >= 15 is 0 Å². The molecule has 2 aromatic rings. The topological polar surface area (TPSA) is 69.7 Å². The predicted octanol–water partition coefficient (Wildman–Crippen LogP) is 3.55. The maximum Gasteiger partial charge on any atom is 0.251 e. The standard InChI is InChI=1S/C25H29N3O3/c1-2-18-6-8-20(9-7-18)25(31)26-16-19-15-24(30)28(17-19)22-12-10-21(11-13-22)27-14-4-3-5-23(27)29/h6-13,19H,2-5,14-17H2,1H3,(H,26,31). The predicted molar refractivity (Wildman–Crippen MR) is 121 cm³/mol. The smallest absolute Gasteiger partial charge is 0.251 e. The fourth-order valence-electron chi connectivity index (χ4n) is 4.29. The van der Waals surface area contributed by atoms with Gasteiger partial charge in [0.25, 0.3) is 5.91 Å². The van der Waals surface area contributed by atoms with Crippen LogP contribution in [0.15, 0.2) is 48.5 Å². The second-order valence-electron chi connectivity index (χ2n) is 8.35. The van der Waals surface area contributed by atoms with E-state index in [0.717, 1.165) is 37.2 Å². The zero-order chi connectivity index (χ0) is 21.8. The van der Waals surface area contributed by atoms with Crippen LogP contribution in [0.5, 0.6) is 0 Å². The monoisotopic (exact) mass is 419 g/mol. The molecule has 0 aromatic heterocycles. The molecule has 1 unspecified atom stereocenters. The summed E-state index contributed by atoms with van der Waals surface area (Å²) < 4.78 is 0. The van der Waals surface area contributed by atoms with Crippen molar-refractivity contribution >= 4 is 29.1 Å². The van der Waals surface area contributed by atoms with Gasteiger partial charge < -0.3 is 15.1 Å². The van der Waals surface area contributed by atoms with Crippen molar-refractivity contribution in [1.82, 2.24) is 5.32 Å². The third-order valence-corrected chi connectivity index (χ3v) is 6.18. The number of nitrogens with one attached hydrogen (secondary N) is 1. The minimum absolute atomic E-state index is 0.0633. The molecular formula is C25H29N3O3. The molecule has 0 saturated carbocycles. The summed E-state index contributed by atoms with van der Waals surface area (Å²) in [7, 11) is 0. The van der Waals surface area contributed by atoms with E-state index in [1.165, 1.54) is 5.56 Å². The molecule has 31 heavy (non-hydrogen) atoms. The second-order valence-corrected chi connectivity index (χ2v) is 8.35. The molecule has 2 aliphatic heterocycles. The lowest BCUT2D eigenvalue weighted by Gasteiger charge is -2.27. The Kier molecular flexibility index (Phi) is 6.35.